The minimum absolute atomic E-state index is 0.0153. The van der Waals surface area contributed by atoms with Gasteiger partial charge in [-0.25, -0.2) is 4.98 Å². The van der Waals surface area contributed by atoms with E-state index in [2.05, 4.69) is 26.2 Å². The molecule has 0 spiro atoms. The first kappa shape index (κ1) is 13.2. The maximum atomic E-state index is 10.6. The second kappa shape index (κ2) is 6.10. The van der Waals surface area contributed by atoms with Gasteiger partial charge in [0.2, 0.25) is 0 Å². The Kier molecular flexibility index (Phi) is 4.48. The fourth-order valence-corrected chi connectivity index (χ4v) is 2.33. The Hall–Kier alpha value is -1.21. The zero-order valence-corrected chi connectivity index (χ0v) is 11.4. The number of nitrogens with one attached hydrogen (secondary N) is 1. The van der Waals surface area contributed by atoms with Crippen molar-refractivity contribution in [3.8, 4) is 0 Å². The number of nitrogens with zero attached hydrogens (tertiary/aromatic N) is 2. The Morgan fingerprint density at radius 3 is 2.89 bits per heavy atom. The number of hydrogen-bond acceptors (Lipinski definition) is 5. The number of ether oxygens (including phenoxy) is 1. The van der Waals surface area contributed by atoms with Crippen LogP contribution < -0.4 is 5.32 Å². The van der Waals surface area contributed by atoms with Gasteiger partial charge >= 0.3 is 0 Å². The molecule has 0 radical (unpaired) electrons. The van der Waals surface area contributed by atoms with Crippen molar-refractivity contribution >= 4 is 27.4 Å². The number of hydrogen-bond donors (Lipinski definition) is 1. The van der Waals surface area contributed by atoms with Crippen molar-refractivity contribution in [2.45, 2.75) is 12.8 Å². The third-order valence-electron chi connectivity index (χ3n) is 2.94. The lowest BCUT2D eigenvalue weighted by molar-refractivity contribution is -0.385. The van der Waals surface area contributed by atoms with Crippen LogP contribution in [0.5, 0.6) is 0 Å². The Morgan fingerprint density at radius 1 is 1.56 bits per heavy atom. The Morgan fingerprint density at radius 2 is 2.28 bits per heavy atom. The van der Waals surface area contributed by atoms with Crippen molar-refractivity contribution in [1.29, 1.82) is 0 Å². The highest BCUT2D eigenvalue weighted by Gasteiger charge is 2.15. The van der Waals surface area contributed by atoms with Crippen LogP contribution in [0.4, 0.5) is 11.5 Å². The first-order valence-corrected chi connectivity index (χ1v) is 6.57. The summed E-state index contributed by atoms with van der Waals surface area (Å²) in [5.74, 6) is 1.22. The van der Waals surface area contributed by atoms with E-state index < -0.39 is 4.92 Å². The van der Waals surface area contributed by atoms with Gasteiger partial charge in [0.15, 0.2) is 0 Å². The third kappa shape index (κ3) is 3.39. The van der Waals surface area contributed by atoms with Crippen LogP contribution >= 0.6 is 15.9 Å². The molecule has 0 saturated carbocycles. The average molecular weight is 316 g/mol. The number of nitro groups is 1. The minimum atomic E-state index is -0.458. The lowest BCUT2D eigenvalue weighted by atomic mass is 10.0. The molecule has 6 nitrogen and oxygen atoms in total. The molecule has 2 rings (SSSR count). The SMILES string of the molecule is O=[N+]([O-])c1cnc(NCC2CCOCC2)c(Br)c1. The molecule has 98 valence electrons. The van der Waals surface area contributed by atoms with E-state index in [-0.39, 0.29) is 5.69 Å². The summed E-state index contributed by atoms with van der Waals surface area (Å²) in [6, 6.07) is 1.46. The molecule has 1 N–H and O–H groups in total. The van der Waals surface area contributed by atoms with E-state index in [1.54, 1.807) is 0 Å². The first-order valence-electron chi connectivity index (χ1n) is 5.78. The summed E-state index contributed by atoms with van der Waals surface area (Å²) in [4.78, 5) is 14.2. The molecule has 1 aromatic rings. The van der Waals surface area contributed by atoms with Gasteiger partial charge in [-0.1, -0.05) is 0 Å². The fraction of sp³-hybridized carbons (Fsp3) is 0.545. The van der Waals surface area contributed by atoms with Crippen molar-refractivity contribution in [2.24, 2.45) is 5.92 Å². The van der Waals surface area contributed by atoms with Crippen LogP contribution in [-0.4, -0.2) is 29.7 Å². The first-order chi connectivity index (χ1) is 8.66. The normalized spacial score (nSPS) is 16.5. The molecule has 1 saturated heterocycles. The molecule has 0 bridgehead atoms. The summed E-state index contributed by atoms with van der Waals surface area (Å²) >= 11 is 3.29. The Bertz CT molecular complexity index is 436. The molecular formula is C11H14BrN3O3. The molecule has 0 unspecified atom stereocenters. The van der Waals surface area contributed by atoms with Gasteiger partial charge in [-0.2, -0.15) is 0 Å². The maximum Gasteiger partial charge on any atom is 0.288 e. The monoisotopic (exact) mass is 315 g/mol. The molecule has 0 amide bonds. The van der Waals surface area contributed by atoms with Crippen molar-refractivity contribution in [3.63, 3.8) is 0 Å². The van der Waals surface area contributed by atoms with Crippen LogP contribution in [0.15, 0.2) is 16.7 Å². The van der Waals surface area contributed by atoms with Crippen molar-refractivity contribution in [3.05, 3.63) is 26.9 Å². The molecule has 7 heteroatoms. The molecule has 0 aromatic carbocycles. The highest BCUT2D eigenvalue weighted by molar-refractivity contribution is 9.10. The van der Waals surface area contributed by atoms with Crippen LogP contribution in [0, 0.1) is 16.0 Å². The molecule has 0 atom stereocenters. The standard InChI is InChI=1S/C11H14BrN3O3/c12-10-5-9(15(16)17)7-14-11(10)13-6-8-1-3-18-4-2-8/h5,7-8H,1-4,6H2,(H,13,14). The number of rotatable bonds is 4. The van der Waals surface area contributed by atoms with Gasteiger partial charge in [0.1, 0.15) is 12.0 Å². The second-order valence-corrected chi connectivity index (χ2v) is 5.07. The zero-order chi connectivity index (χ0) is 13.0. The van der Waals surface area contributed by atoms with Crippen LogP contribution in [0.2, 0.25) is 0 Å². The molecule has 1 fully saturated rings. The quantitative estimate of drug-likeness (QED) is 0.682. The highest BCUT2D eigenvalue weighted by atomic mass is 79.9. The van der Waals surface area contributed by atoms with E-state index in [9.17, 15) is 10.1 Å². The molecular weight excluding hydrogens is 302 g/mol. The summed E-state index contributed by atoms with van der Waals surface area (Å²) in [6.07, 6.45) is 3.34. The molecule has 0 aliphatic carbocycles. The highest BCUT2D eigenvalue weighted by Crippen LogP contribution is 2.25. The van der Waals surface area contributed by atoms with Gasteiger partial charge in [-0.3, -0.25) is 10.1 Å². The second-order valence-electron chi connectivity index (χ2n) is 4.22. The molecule has 1 aliphatic rings. The topological polar surface area (TPSA) is 77.3 Å². The molecule has 1 aliphatic heterocycles. The van der Waals surface area contributed by atoms with E-state index in [0.29, 0.717) is 16.2 Å². The summed E-state index contributed by atoms with van der Waals surface area (Å²) in [5, 5.41) is 13.8. The van der Waals surface area contributed by atoms with Crippen molar-refractivity contribution in [2.75, 3.05) is 25.1 Å². The summed E-state index contributed by atoms with van der Waals surface area (Å²) in [5.41, 5.74) is -0.0153. The van der Waals surface area contributed by atoms with E-state index >= 15 is 0 Å². The van der Waals surface area contributed by atoms with E-state index in [1.807, 2.05) is 0 Å². The van der Waals surface area contributed by atoms with Gasteiger partial charge < -0.3 is 10.1 Å². The smallest absolute Gasteiger partial charge is 0.288 e. The summed E-state index contributed by atoms with van der Waals surface area (Å²) in [7, 11) is 0. The van der Waals surface area contributed by atoms with Crippen molar-refractivity contribution in [1.82, 2.24) is 4.98 Å². The Balaban J connectivity index is 1.94. The number of aromatic nitrogens is 1. The van der Waals surface area contributed by atoms with Crippen LogP contribution in [0.25, 0.3) is 0 Å². The van der Waals surface area contributed by atoms with Gasteiger partial charge in [0.05, 0.1) is 9.40 Å². The average Bonchev–Trinajstić information content (AvgIpc) is 2.38. The molecule has 18 heavy (non-hydrogen) atoms. The lowest BCUT2D eigenvalue weighted by Gasteiger charge is -2.22. The number of halogens is 1. The number of anilines is 1. The summed E-state index contributed by atoms with van der Waals surface area (Å²) in [6.45, 7) is 2.43. The van der Waals surface area contributed by atoms with Gasteiger partial charge in [-0.05, 0) is 34.7 Å². The largest absolute Gasteiger partial charge is 0.381 e. The van der Waals surface area contributed by atoms with Crippen LogP contribution in [-0.2, 0) is 4.74 Å². The van der Waals surface area contributed by atoms with Crippen LogP contribution in [0.1, 0.15) is 12.8 Å². The Labute approximate surface area is 113 Å². The van der Waals surface area contributed by atoms with Gasteiger partial charge in [0.25, 0.3) is 5.69 Å². The molecule has 1 aromatic heterocycles. The van der Waals surface area contributed by atoms with E-state index in [0.717, 1.165) is 32.6 Å². The van der Waals surface area contributed by atoms with Crippen LogP contribution in [0.3, 0.4) is 0 Å². The van der Waals surface area contributed by atoms with Crippen molar-refractivity contribution < 1.29 is 9.66 Å². The van der Waals surface area contributed by atoms with E-state index in [1.165, 1.54) is 12.3 Å². The summed E-state index contributed by atoms with van der Waals surface area (Å²) < 4.78 is 5.90. The maximum absolute atomic E-state index is 10.6. The third-order valence-corrected chi connectivity index (χ3v) is 3.54. The zero-order valence-electron chi connectivity index (χ0n) is 9.76. The van der Waals surface area contributed by atoms with Gasteiger partial charge in [-0.15, -0.1) is 0 Å². The molecule has 2 heterocycles. The minimum Gasteiger partial charge on any atom is -0.381 e. The lowest BCUT2D eigenvalue weighted by Crippen LogP contribution is -2.23. The number of pyridine rings is 1. The van der Waals surface area contributed by atoms with E-state index in [4.69, 9.17) is 4.74 Å². The fourth-order valence-electron chi connectivity index (χ4n) is 1.85. The predicted octanol–water partition coefficient (Wildman–Crippen LogP) is 2.59. The predicted molar refractivity (Wildman–Crippen MR) is 70.6 cm³/mol. The van der Waals surface area contributed by atoms with Gasteiger partial charge in [0, 0.05) is 25.8 Å².